The molecule has 0 aliphatic heterocycles. The van der Waals surface area contributed by atoms with Gasteiger partial charge >= 0.3 is 0 Å². The molecular formula is C12H16N6. The number of hydrogen-bond acceptors (Lipinski definition) is 6. The SMILES string of the molecule is NNNc1ccc(NNN)cc1.c1cc2cc-2c1. The Hall–Kier alpha value is -2.12. The van der Waals surface area contributed by atoms with Crippen molar-refractivity contribution in [3.05, 3.63) is 48.5 Å². The van der Waals surface area contributed by atoms with Gasteiger partial charge in [-0.25, -0.2) is 0 Å². The quantitative estimate of drug-likeness (QED) is 0.302. The number of nitrogens with one attached hydrogen (secondary N) is 4. The van der Waals surface area contributed by atoms with Crippen LogP contribution in [-0.2, 0) is 0 Å². The van der Waals surface area contributed by atoms with Crippen LogP contribution in [-0.4, -0.2) is 0 Å². The fraction of sp³-hybridized carbons (Fsp3) is 0. The van der Waals surface area contributed by atoms with Crippen LogP contribution in [0.4, 0.5) is 11.4 Å². The number of hydrazine groups is 4. The van der Waals surface area contributed by atoms with Gasteiger partial charge in [-0.1, -0.05) is 18.2 Å². The van der Waals surface area contributed by atoms with Gasteiger partial charge in [0.05, 0.1) is 11.4 Å². The second-order valence-electron chi connectivity index (χ2n) is 3.70. The molecule has 2 aliphatic carbocycles. The highest BCUT2D eigenvalue weighted by Crippen LogP contribution is 2.32. The van der Waals surface area contributed by atoms with Gasteiger partial charge in [0.25, 0.3) is 0 Å². The van der Waals surface area contributed by atoms with Crippen LogP contribution in [0.2, 0.25) is 0 Å². The molecule has 6 nitrogen and oxygen atoms in total. The lowest BCUT2D eigenvalue weighted by Gasteiger charge is -2.06. The monoisotopic (exact) mass is 244 g/mol. The van der Waals surface area contributed by atoms with Crippen molar-refractivity contribution in [2.24, 2.45) is 11.7 Å². The predicted octanol–water partition coefficient (Wildman–Crippen LogP) is 0.934. The van der Waals surface area contributed by atoms with Gasteiger partial charge in [0.2, 0.25) is 0 Å². The van der Waals surface area contributed by atoms with Crippen LogP contribution in [0, 0.1) is 0 Å². The van der Waals surface area contributed by atoms with E-state index < -0.39 is 0 Å². The molecule has 0 amide bonds. The maximum atomic E-state index is 5.05. The van der Waals surface area contributed by atoms with Gasteiger partial charge in [-0.3, -0.25) is 11.7 Å². The van der Waals surface area contributed by atoms with E-state index in [1.165, 1.54) is 11.1 Å². The zero-order chi connectivity index (χ0) is 12.8. The molecule has 2 aliphatic rings. The van der Waals surface area contributed by atoms with Gasteiger partial charge in [-0.15, -0.1) is 0 Å². The highest BCUT2D eigenvalue weighted by molar-refractivity contribution is 5.80. The molecule has 1 aromatic rings. The second kappa shape index (κ2) is 5.99. The van der Waals surface area contributed by atoms with E-state index in [0.717, 1.165) is 11.4 Å². The Balaban J connectivity index is 0.000000164. The van der Waals surface area contributed by atoms with E-state index in [1.54, 1.807) is 0 Å². The summed E-state index contributed by atoms with van der Waals surface area (Å²) in [7, 11) is 0. The smallest absolute Gasteiger partial charge is 0.0502 e. The van der Waals surface area contributed by atoms with Crippen molar-refractivity contribution in [3.8, 4) is 11.1 Å². The lowest BCUT2D eigenvalue weighted by Crippen LogP contribution is -2.29. The fourth-order valence-corrected chi connectivity index (χ4v) is 1.48. The van der Waals surface area contributed by atoms with Gasteiger partial charge in [-0.2, -0.15) is 11.1 Å². The van der Waals surface area contributed by atoms with E-state index in [-0.39, 0.29) is 0 Å². The van der Waals surface area contributed by atoms with E-state index in [2.05, 4.69) is 46.2 Å². The number of nitrogens with two attached hydrogens (primary N) is 2. The van der Waals surface area contributed by atoms with E-state index in [4.69, 9.17) is 11.7 Å². The van der Waals surface area contributed by atoms with Crippen molar-refractivity contribution >= 4 is 11.4 Å². The summed E-state index contributed by atoms with van der Waals surface area (Å²) in [5, 5.41) is 0. The molecule has 18 heavy (non-hydrogen) atoms. The summed E-state index contributed by atoms with van der Waals surface area (Å²) in [5.74, 6) is 10.1. The number of fused-ring (bicyclic) bond motifs is 1. The average molecular weight is 244 g/mol. The molecule has 0 aromatic heterocycles. The molecule has 8 N–H and O–H groups in total. The highest BCUT2D eigenvalue weighted by Gasteiger charge is 2.06. The minimum absolute atomic E-state index is 0.875. The molecule has 94 valence electrons. The van der Waals surface area contributed by atoms with E-state index >= 15 is 0 Å². The van der Waals surface area contributed by atoms with Crippen LogP contribution in [0.25, 0.3) is 11.1 Å². The summed E-state index contributed by atoms with van der Waals surface area (Å²) < 4.78 is 0. The largest absolute Gasteiger partial charge is 0.308 e. The van der Waals surface area contributed by atoms with Gasteiger partial charge < -0.3 is 10.9 Å². The molecule has 1 aromatic carbocycles. The molecular weight excluding hydrogens is 228 g/mol. The maximum absolute atomic E-state index is 5.05. The van der Waals surface area contributed by atoms with Crippen molar-refractivity contribution in [2.75, 3.05) is 10.9 Å². The lowest BCUT2D eigenvalue weighted by molar-refractivity contribution is 0.871. The van der Waals surface area contributed by atoms with Crippen molar-refractivity contribution in [3.63, 3.8) is 0 Å². The van der Waals surface area contributed by atoms with Crippen molar-refractivity contribution < 1.29 is 0 Å². The normalized spacial score (nSPS) is 10.1. The summed E-state index contributed by atoms with van der Waals surface area (Å²) in [6, 6.07) is 15.9. The summed E-state index contributed by atoms with van der Waals surface area (Å²) in [4.78, 5) is 0. The fourth-order valence-electron chi connectivity index (χ4n) is 1.48. The number of anilines is 2. The molecule has 0 heterocycles. The van der Waals surface area contributed by atoms with Crippen LogP contribution in [0.5, 0.6) is 0 Å². The zero-order valence-electron chi connectivity index (χ0n) is 9.77. The first-order valence-electron chi connectivity index (χ1n) is 5.47. The summed E-state index contributed by atoms with van der Waals surface area (Å²) in [6.07, 6.45) is 0. The van der Waals surface area contributed by atoms with E-state index in [0.29, 0.717) is 0 Å². The van der Waals surface area contributed by atoms with Crippen molar-refractivity contribution in [1.82, 2.24) is 11.1 Å². The highest BCUT2D eigenvalue weighted by atomic mass is 15.5. The topological polar surface area (TPSA) is 100 Å². The molecule has 0 saturated heterocycles. The third-order valence-electron chi connectivity index (χ3n) is 2.43. The second-order valence-corrected chi connectivity index (χ2v) is 3.70. The molecule has 0 saturated carbocycles. The van der Waals surface area contributed by atoms with Crippen molar-refractivity contribution in [1.29, 1.82) is 0 Å². The minimum atomic E-state index is 0.875. The molecule has 0 unspecified atom stereocenters. The predicted molar refractivity (Wildman–Crippen MR) is 73.8 cm³/mol. The Morgan fingerprint density at radius 3 is 1.33 bits per heavy atom. The average Bonchev–Trinajstić information content (AvgIpc) is 3.00. The molecule has 0 radical (unpaired) electrons. The first-order valence-corrected chi connectivity index (χ1v) is 5.47. The number of hydrogen-bond donors (Lipinski definition) is 6. The Morgan fingerprint density at radius 1 is 0.667 bits per heavy atom. The summed E-state index contributed by atoms with van der Waals surface area (Å²) >= 11 is 0. The first-order chi connectivity index (χ1) is 8.83. The number of rotatable bonds is 4. The standard InChI is InChI=1S/C6H12N6.C6H4/c7-11-9-5-1-2-6(4-3-5)10-12-8;1-2-5-4-6(5)3-1/h1-4,9-12H,7-8H2;1-4H. The Kier molecular flexibility index (Phi) is 4.11. The van der Waals surface area contributed by atoms with Crippen molar-refractivity contribution in [2.45, 2.75) is 0 Å². The van der Waals surface area contributed by atoms with Crippen LogP contribution in [0.15, 0.2) is 48.5 Å². The third kappa shape index (κ3) is 3.44. The molecule has 0 spiro atoms. The van der Waals surface area contributed by atoms with Crippen LogP contribution < -0.4 is 33.6 Å². The van der Waals surface area contributed by atoms with E-state index in [1.807, 2.05) is 24.3 Å². The zero-order valence-corrected chi connectivity index (χ0v) is 9.77. The van der Waals surface area contributed by atoms with Gasteiger partial charge in [0.1, 0.15) is 0 Å². The van der Waals surface area contributed by atoms with Gasteiger partial charge in [0, 0.05) is 0 Å². The third-order valence-corrected chi connectivity index (χ3v) is 2.43. The molecule has 3 rings (SSSR count). The molecule has 6 heteroatoms. The lowest BCUT2D eigenvalue weighted by atomic mass is 10.3. The summed E-state index contributed by atoms with van der Waals surface area (Å²) in [6.45, 7) is 0. The Labute approximate surface area is 105 Å². The van der Waals surface area contributed by atoms with Crippen LogP contribution in [0.3, 0.4) is 0 Å². The van der Waals surface area contributed by atoms with Gasteiger partial charge in [0.15, 0.2) is 0 Å². The van der Waals surface area contributed by atoms with Gasteiger partial charge in [-0.05, 0) is 41.5 Å². The van der Waals surface area contributed by atoms with Crippen LogP contribution >= 0.6 is 0 Å². The minimum Gasteiger partial charge on any atom is -0.308 e. The molecule has 0 fully saturated rings. The number of benzene rings is 2. The maximum Gasteiger partial charge on any atom is 0.0502 e. The molecule has 0 bridgehead atoms. The van der Waals surface area contributed by atoms with Crippen LogP contribution in [0.1, 0.15) is 0 Å². The summed E-state index contributed by atoms with van der Waals surface area (Å²) in [5.41, 5.74) is 14.7. The Morgan fingerprint density at radius 2 is 1.11 bits per heavy atom. The first kappa shape index (κ1) is 12.3. The van der Waals surface area contributed by atoms with E-state index in [9.17, 15) is 0 Å². The molecule has 0 atom stereocenters. The Bertz CT molecular complexity index is 454.